The van der Waals surface area contributed by atoms with Crippen LogP contribution >= 0.6 is 11.6 Å². The molecule has 0 bridgehead atoms. The summed E-state index contributed by atoms with van der Waals surface area (Å²) in [6.07, 6.45) is 2.93. The molecule has 2 aliphatic heterocycles. The summed E-state index contributed by atoms with van der Waals surface area (Å²) in [5.41, 5.74) is 1.59. The molecular formula is C14H15ClN2O2. The molecule has 0 aliphatic carbocycles. The Bertz CT molecular complexity index is 500. The van der Waals surface area contributed by atoms with Crippen LogP contribution in [0, 0.1) is 0 Å². The monoisotopic (exact) mass is 278 g/mol. The van der Waals surface area contributed by atoms with Gasteiger partial charge in [-0.05, 0) is 31.0 Å². The smallest absolute Gasteiger partial charge is 0.227 e. The molecule has 2 aliphatic rings. The fraction of sp³-hybridized carbons (Fsp3) is 0.429. The van der Waals surface area contributed by atoms with Crippen LogP contribution < -0.4 is 9.80 Å². The van der Waals surface area contributed by atoms with Crippen LogP contribution in [0.5, 0.6) is 0 Å². The topological polar surface area (TPSA) is 40.6 Å². The number of halogens is 1. The van der Waals surface area contributed by atoms with E-state index in [2.05, 4.69) is 0 Å². The van der Waals surface area contributed by atoms with Crippen LogP contribution in [0.1, 0.15) is 25.7 Å². The van der Waals surface area contributed by atoms with Gasteiger partial charge in [-0.15, -0.1) is 0 Å². The summed E-state index contributed by atoms with van der Waals surface area (Å²) in [7, 11) is 0. The molecule has 4 nitrogen and oxygen atoms in total. The molecule has 0 saturated carbocycles. The molecule has 0 radical (unpaired) electrons. The van der Waals surface area contributed by atoms with Crippen molar-refractivity contribution in [2.24, 2.45) is 0 Å². The van der Waals surface area contributed by atoms with Gasteiger partial charge in [-0.25, -0.2) is 0 Å². The summed E-state index contributed by atoms with van der Waals surface area (Å²) in [6, 6.07) is 5.46. The van der Waals surface area contributed by atoms with E-state index in [1.54, 1.807) is 21.9 Å². The van der Waals surface area contributed by atoms with E-state index in [0.717, 1.165) is 37.3 Å². The zero-order valence-electron chi connectivity index (χ0n) is 10.6. The Morgan fingerprint density at radius 2 is 1.32 bits per heavy atom. The second kappa shape index (κ2) is 4.85. The summed E-state index contributed by atoms with van der Waals surface area (Å²) in [4.78, 5) is 27.1. The summed E-state index contributed by atoms with van der Waals surface area (Å²) in [5, 5.41) is 0.562. The number of rotatable bonds is 2. The lowest BCUT2D eigenvalue weighted by atomic mass is 10.2. The summed E-state index contributed by atoms with van der Waals surface area (Å²) >= 11 is 6.13. The average Bonchev–Trinajstić information content (AvgIpc) is 2.97. The molecule has 2 fully saturated rings. The van der Waals surface area contributed by atoms with Gasteiger partial charge in [0, 0.05) is 42.3 Å². The zero-order valence-corrected chi connectivity index (χ0v) is 11.3. The Balaban J connectivity index is 1.96. The molecule has 2 amide bonds. The maximum Gasteiger partial charge on any atom is 0.227 e. The molecule has 0 aromatic heterocycles. The Hall–Kier alpha value is -1.55. The lowest BCUT2D eigenvalue weighted by Gasteiger charge is -2.21. The van der Waals surface area contributed by atoms with Gasteiger partial charge < -0.3 is 9.80 Å². The van der Waals surface area contributed by atoms with E-state index in [0.29, 0.717) is 17.9 Å². The summed E-state index contributed by atoms with van der Waals surface area (Å²) < 4.78 is 0. The van der Waals surface area contributed by atoms with Crippen LogP contribution in [0.3, 0.4) is 0 Å². The second-order valence-electron chi connectivity index (χ2n) is 4.97. The molecule has 1 aromatic carbocycles. The molecule has 5 heteroatoms. The van der Waals surface area contributed by atoms with Crippen molar-refractivity contribution in [1.29, 1.82) is 0 Å². The van der Waals surface area contributed by atoms with Gasteiger partial charge in [0.15, 0.2) is 0 Å². The van der Waals surface area contributed by atoms with Gasteiger partial charge >= 0.3 is 0 Å². The minimum atomic E-state index is 0.126. The minimum Gasteiger partial charge on any atom is -0.312 e. The van der Waals surface area contributed by atoms with Crippen LogP contribution in [-0.2, 0) is 9.59 Å². The lowest BCUT2D eigenvalue weighted by Crippen LogP contribution is -2.26. The number of amides is 2. The van der Waals surface area contributed by atoms with Gasteiger partial charge in [0.1, 0.15) is 0 Å². The highest BCUT2D eigenvalue weighted by atomic mass is 35.5. The standard InChI is InChI=1S/C14H15ClN2O2/c15-10-7-11(16-5-1-3-13(16)18)9-12(8-10)17-6-2-4-14(17)19/h7-9H,1-6H2. The molecule has 0 spiro atoms. The number of carbonyl (C=O) groups is 2. The lowest BCUT2D eigenvalue weighted by molar-refractivity contribution is -0.117. The molecule has 0 N–H and O–H groups in total. The zero-order chi connectivity index (χ0) is 13.4. The third-order valence-corrected chi connectivity index (χ3v) is 3.86. The average molecular weight is 279 g/mol. The molecule has 19 heavy (non-hydrogen) atoms. The predicted octanol–water partition coefficient (Wildman–Crippen LogP) is 2.59. The van der Waals surface area contributed by atoms with Crippen LogP contribution in [0.25, 0.3) is 0 Å². The van der Waals surface area contributed by atoms with Crippen molar-refractivity contribution in [3.8, 4) is 0 Å². The molecule has 0 unspecified atom stereocenters. The first-order valence-corrected chi connectivity index (χ1v) is 6.94. The third-order valence-electron chi connectivity index (χ3n) is 3.64. The van der Waals surface area contributed by atoms with Crippen molar-refractivity contribution < 1.29 is 9.59 Å². The first-order chi connectivity index (χ1) is 9.15. The summed E-state index contributed by atoms with van der Waals surface area (Å²) in [5.74, 6) is 0.252. The Morgan fingerprint density at radius 3 is 1.68 bits per heavy atom. The van der Waals surface area contributed by atoms with Crippen molar-refractivity contribution in [2.75, 3.05) is 22.9 Å². The van der Waals surface area contributed by atoms with E-state index in [-0.39, 0.29) is 11.8 Å². The molecular weight excluding hydrogens is 264 g/mol. The maximum atomic E-state index is 11.8. The van der Waals surface area contributed by atoms with Gasteiger partial charge in [-0.3, -0.25) is 9.59 Å². The van der Waals surface area contributed by atoms with Crippen molar-refractivity contribution in [2.45, 2.75) is 25.7 Å². The Kier molecular flexibility index (Phi) is 3.19. The van der Waals surface area contributed by atoms with E-state index in [9.17, 15) is 9.59 Å². The number of hydrogen-bond donors (Lipinski definition) is 0. The van der Waals surface area contributed by atoms with Crippen LogP contribution in [0.2, 0.25) is 5.02 Å². The highest BCUT2D eigenvalue weighted by molar-refractivity contribution is 6.31. The van der Waals surface area contributed by atoms with Gasteiger partial charge in [0.05, 0.1) is 0 Å². The van der Waals surface area contributed by atoms with E-state index in [4.69, 9.17) is 11.6 Å². The molecule has 2 saturated heterocycles. The molecule has 2 heterocycles. The first kappa shape index (κ1) is 12.5. The second-order valence-corrected chi connectivity index (χ2v) is 5.40. The molecule has 3 rings (SSSR count). The number of benzene rings is 1. The largest absolute Gasteiger partial charge is 0.312 e. The Morgan fingerprint density at radius 1 is 0.842 bits per heavy atom. The number of nitrogens with zero attached hydrogens (tertiary/aromatic N) is 2. The van der Waals surface area contributed by atoms with Crippen LogP contribution in [0.4, 0.5) is 11.4 Å². The fourth-order valence-corrected chi connectivity index (χ4v) is 2.94. The number of hydrogen-bond acceptors (Lipinski definition) is 2. The van der Waals surface area contributed by atoms with Crippen LogP contribution in [0.15, 0.2) is 18.2 Å². The van der Waals surface area contributed by atoms with Gasteiger partial charge in [0.2, 0.25) is 11.8 Å². The first-order valence-electron chi connectivity index (χ1n) is 6.56. The highest BCUT2D eigenvalue weighted by Crippen LogP contribution is 2.32. The fourth-order valence-electron chi connectivity index (χ4n) is 2.71. The van der Waals surface area contributed by atoms with Crippen LogP contribution in [-0.4, -0.2) is 24.9 Å². The predicted molar refractivity (Wildman–Crippen MR) is 74.6 cm³/mol. The van der Waals surface area contributed by atoms with E-state index in [1.165, 1.54) is 0 Å². The SMILES string of the molecule is O=C1CCCN1c1cc(Cl)cc(N2CCCC2=O)c1. The van der Waals surface area contributed by atoms with Crippen molar-refractivity contribution in [1.82, 2.24) is 0 Å². The van der Waals surface area contributed by atoms with Crippen molar-refractivity contribution >= 4 is 34.8 Å². The maximum absolute atomic E-state index is 11.8. The molecule has 100 valence electrons. The van der Waals surface area contributed by atoms with E-state index < -0.39 is 0 Å². The molecule has 1 aromatic rings. The number of anilines is 2. The molecule has 0 atom stereocenters. The van der Waals surface area contributed by atoms with E-state index in [1.807, 2.05) is 6.07 Å². The van der Waals surface area contributed by atoms with Crippen molar-refractivity contribution in [3.05, 3.63) is 23.2 Å². The van der Waals surface area contributed by atoms with Crippen molar-refractivity contribution in [3.63, 3.8) is 0 Å². The van der Waals surface area contributed by atoms with Gasteiger partial charge in [-0.1, -0.05) is 11.6 Å². The normalized spacial score (nSPS) is 19.6. The Labute approximate surface area is 116 Å². The highest BCUT2D eigenvalue weighted by Gasteiger charge is 2.25. The third kappa shape index (κ3) is 2.32. The number of carbonyl (C=O) groups excluding carboxylic acids is 2. The minimum absolute atomic E-state index is 0.126. The summed E-state index contributed by atoms with van der Waals surface area (Å²) in [6.45, 7) is 1.46. The van der Waals surface area contributed by atoms with Gasteiger partial charge in [-0.2, -0.15) is 0 Å². The quantitative estimate of drug-likeness (QED) is 0.834. The van der Waals surface area contributed by atoms with E-state index >= 15 is 0 Å². The van der Waals surface area contributed by atoms with Gasteiger partial charge in [0.25, 0.3) is 0 Å².